The topological polar surface area (TPSA) is 52.3 Å². The number of hydrogen-bond acceptors (Lipinski definition) is 4. The van der Waals surface area contributed by atoms with Gasteiger partial charge in [-0.15, -0.1) is 12.6 Å². The molecule has 1 atom stereocenters. The highest BCUT2D eigenvalue weighted by Gasteiger charge is 2.10. The Bertz CT molecular complexity index is 312. The third-order valence-electron chi connectivity index (χ3n) is 1.45. The summed E-state index contributed by atoms with van der Waals surface area (Å²) >= 11 is 4.12. The summed E-state index contributed by atoms with van der Waals surface area (Å²) in [5, 5.41) is 0. The van der Waals surface area contributed by atoms with E-state index < -0.39 is 12.0 Å². The van der Waals surface area contributed by atoms with Crippen molar-refractivity contribution >= 4 is 18.6 Å². The van der Waals surface area contributed by atoms with Gasteiger partial charge in [0.05, 0.1) is 0 Å². The first kappa shape index (κ1) is 10.1. The standard InChI is InChI=1S/C9H11NO2S/c1-6(10)9(11)12-7-4-2-3-5-8(7)13/h2-6,13H,10H2,1H3/t6-/m0/s1. The van der Waals surface area contributed by atoms with Crippen LogP contribution >= 0.6 is 12.6 Å². The predicted octanol–water partition coefficient (Wildman–Crippen LogP) is 1.23. The minimum absolute atomic E-state index is 0.438. The zero-order chi connectivity index (χ0) is 9.84. The van der Waals surface area contributed by atoms with Crippen LogP contribution in [-0.2, 0) is 4.79 Å². The molecule has 0 aliphatic carbocycles. The number of ether oxygens (including phenoxy) is 1. The maximum atomic E-state index is 11.1. The Labute approximate surface area is 82.3 Å². The molecular formula is C9H11NO2S. The third kappa shape index (κ3) is 2.75. The van der Waals surface area contributed by atoms with E-state index in [0.29, 0.717) is 10.6 Å². The van der Waals surface area contributed by atoms with Gasteiger partial charge in [-0.05, 0) is 19.1 Å². The number of benzene rings is 1. The average Bonchev–Trinajstić information content (AvgIpc) is 2.08. The van der Waals surface area contributed by atoms with E-state index in [-0.39, 0.29) is 0 Å². The first-order valence-electron chi connectivity index (χ1n) is 3.86. The Hall–Kier alpha value is -1.00. The van der Waals surface area contributed by atoms with Crippen LogP contribution in [0.1, 0.15) is 6.92 Å². The minimum atomic E-state index is -0.618. The van der Waals surface area contributed by atoms with Crippen LogP contribution in [0.5, 0.6) is 5.75 Å². The number of esters is 1. The van der Waals surface area contributed by atoms with Gasteiger partial charge in [0.2, 0.25) is 0 Å². The highest BCUT2D eigenvalue weighted by molar-refractivity contribution is 7.80. The quantitative estimate of drug-likeness (QED) is 0.426. The van der Waals surface area contributed by atoms with Crippen molar-refractivity contribution < 1.29 is 9.53 Å². The molecule has 0 aliphatic rings. The van der Waals surface area contributed by atoms with Crippen molar-refractivity contribution in [3.63, 3.8) is 0 Å². The summed E-state index contributed by atoms with van der Waals surface area (Å²) in [6.07, 6.45) is 0. The number of rotatable bonds is 2. The van der Waals surface area contributed by atoms with Crippen LogP contribution in [-0.4, -0.2) is 12.0 Å². The number of para-hydroxylation sites is 1. The van der Waals surface area contributed by atoms with Crippen LogP contribution in [0.25, 0.3) is 0 Å². The van der Waals surface area contributed by atoms with Crippen molar-refractivity contribution in [1.29, 1.82) is 0 Å². The third-order valence-corrected chi connectivity index (χ3v) is 1.82. The first-order valence-corrected chi connectivity index (χ1v) is 4.31. The number of hydrogen-bond donors (Lipinski definition) is 2. The molecule has 1 aromatic carbocycles. The lowest BCUT2D eigenvalue weighted by Crippen LogP contribution is -2.30. The normalized spacial score (nSPS) is 12.2. The molecule has 3 nitrogen and oxygen atoms in total. The summed E-state index contributed by atoms with van der Waals surface area (Å²) in [6.45, 7) is 1.57. The van der Waals surface area contributed by atoms with Gasteiger partial charge in [-0.2, -0.15) is 0 Å². The van der Waals surface area contributed by atoms with E-state index in [1.165, 1.54) is 0 Å². The second kappa shape index (κ2) is 4.30. The summed E-state index contributed by atoms with van der Waals surface area (Å²) in [4.78, 5) is 11.7. The number of carbonyl (C=O) groups excluding carboxylic acids is 1. The van der Waals surface area contributed by atoms with E-state index in [0.717, 1.165) is 0 Å². The van der Waals surface area contributed by atoms with Gasteiger partial charge < -0.3 is 10.5 Å². The van der Waals surface area contributed by atoms with E-state index in [1.54, 1.807) is 25.1 Å². The van der Waals surface area contributed by atoms with Gasteiger partial charge in [0.25, 0.3) is 0 Å². The smallest absolute Gasteiger partial charge is 0.328 e. The fourth-order valence-corrected chi connectivity index (χ4v) is 0.951. The van der Waals surface area contributed by atoms with Crippen LogP contribution < -0.4 is 10.5 Å². The molecule has 2 N–H and O–H groups in total. The van der Waals surface area contributed by atoms with E-state index in [9.17, 15) is 4.79 Å². The van der Waals surface area contributed by atoms with Gasteiger partial charge in [-0.1, -0.05) is 12.1 Å². The van der Waals surface area contributed by atoms with Crippen molar-refractivity contribution in [1.82, 2.24) is 0 Å². The average molecular weight is 197 g/mol. The van der Waals surface area contributed by atoms with Gasteiger partial charge in [-0.3, -0.25) is 0 Å². The van der Waals surface area contributed by atoms with Gasteiger partial charge in [0.1, 0.15) is 11.8 Å². The fourth-order valence-electron chi connectivity index (χ4n) is 0.745. The maximum Gasteiger partial charge on any atom is 0.328 e. The summed E-state index contributed by atoms with van der Waals surface area (Å²) in [5.74, 6) is -0.0189. The Morgan fingerprint density at radius 3 is 2.69 bits per heavy atom. The highest BCUT2D eigenvalue weighted by atomic mass is 32.1. The van der Waals surface area contributed by atoms with Crippen LogP contribution in [0.15, 0.2) is 29.2 Å². The summed E-state index contributed by atoms with van der Waals surface area (Å²) in [6, 6.07) is 6.37. The van der Waals surface area contributed by atoms with Crippen molar-refractivity contribution in [2.75, 3.05) is 0 Å². The van der Waals surface area contributed by atoms with Gasteiger partial charge in [-0.25, -0.2) is 4.79 Å². The van der Waals surface area contributed by atoms with Crippen molar-refractivity contribution in [3.05, 3.63) is 24.3 Å². The molecule has 70 valence electrons. The van der Waals surface area contributed by atoms with Crippen molar-refractivity contribution in [2.45, 2.75) is 17.9 Å². The summed E-state index contributed by atoms with van der Waals surface area (Å²) in [5.41, 5.74) is 5.33. The predicted molar refractivity (Wildman–Crippen MR) is 53.0 cm³/mol. The molecule has 0 amide bonds. The van der Waals surface area contributed by atoms with Gasteiger partial charge in [0.15, 0.2) is 0 Å². The van der Waals surface area contributed by atoms with Gasteiger partial charge >= 0.3 is 5.97 Å². The van der Waals surface area contributed by atoms with E-state index in [1.807, 2.05) is 6.07 Å². The SMILES string of the molecule is C[C@H](N)C(=O)Oc1ccccc1S. The van der Waals surface area contributed by atoms with Crippen molar-refractivity contribution in [3.8, 4) is 5.75 Å². The molecule has 0 spiro atoms. The molecular weight excluding hydrogens is 186 g/mol. The second-order valence-electron chi connectivity index (χ2n) is 2.68. The maximum absolute atomic E-state index is 11.1. The lowest BCUT2D eigenvalue weighted by molar-refractivity contribution is -0.135. The van der Waals surface area contributed by atoms with Crippen LogP contribution in [0.2, 0.25) is 0 Å². The summed E-state index contributed by atoms with van der Waals surface area (Å²) in [7, 11) is 0. The van der Waals surface area contributed by atoms with Crippen LogP contribution in [0, 0.1) is 0 Å². The monoisotopic (exact) mass is 197 g/mol. The molecule has 1 aromatic rings. The number of nitrogens with two attached hydrogens (primary N) is 1. The van der Waals surface area contributed by atoms with E-state index in [4.69, 9.17) is 10.5 Å². The van der Waals surface area contributed by atoms with Gasteiger partial charge in [0, 0.05) is 4.90 Å². The molecule has 0 saturated heterocycles. The zero-order valence-electron chi connectivity index (χ0n) is 7.23. The molecule has 4 heteroatoms. The molecule has 0 radical (unpaired) electrons. The lowest BCUT2D eigenvalue weighted by atomic mass is 10.3. The molecule has 0 heterocycles. The lowest BCUT2D eigenvalue weighted by Gasteiger charge is -2.07. The zero-order valence-corrected chi connectivity index (χ0v) is 8.12. The molecule has 1 rings (SSSR count). The molecule has 0 aliphatic heterocycles. The fraction of sp³-hybridized carbons (Fsp3) is 0.222. The largest absolute Gasteiger partial charge is 0.424 e. The van der Waals surface area contributed by atoms with Crippen LogP contribution in [0.4, 0.5) is 0 Å². The van der Waals surface area contributed by atoms with E-state index in [2.05, 4.69) is 12.6 Å². The Morgan fingerprint density at radius 2 is 2.15 bits per heavy atom. The minimum Gasteiger partial charge on any atom is -0.424 e. The van der Waals surface area contributed by atoms with E-state index >= 15 is 0 Å². The summed E-state index contributed by atoms with van der Waals surface area (Å²) < 4.78 is 4.97. The highest BCUT2D eigenvalue weighted by Crippen LogP contribution is 2.21. The Balaban J connectivity index is 2.75. The Kier molecular flexibility index (Phi) is 3.33. The molecule has 0 aromatic heterocycles. The Morgan fingerprint density at radius 1 is 1.54 bits per heavy atom. The second-order valence-corrected chi connectivity index (χ2v) is 3.16. The molecule has 0 fully saturated rings. The van der Waals surface area contributed by atoms with Crippen LogP contribution in [0.3, 0.4) is 0 Å². The molecule has 13 heavy (non-hydrogen) atoms. The molecule has 0 saturated carbocycles. The molecule has 0 bridgehead atoms. The first-order chi connectivity index (χ1) is 6.11. The number of thiol groups is 1. The number of carbonyl (C=O) groups is 1. The molecule has 0 unspecified atom stereocenters. The van der Waals surface area contributed by atoms with Crippen molar-refractivity contribution in [2.24, 2.45) is 5.73 Å².